The zero-order chi connectivity index (χ0) is 16.8. The van der Waals surface area contributed by atoms with Gasteiger partial charge < -0.3 is 9.47 Å². The summed E-state index contributed by atoms with van der Waals surface area (Å²) in [5, 5.41) is 3.29. The number of carbonyl (C=O) groups is 2. The van der Waals surface area contributed by atoms with E-state index in [0.29, 0.717) is 5.69 Å². The van der Waals surface area contributed by atoms with E-state index in [4.69, 9.17) is 15.0 Å². The Morgan fingerprint density at radius 2 is 2.14 bits per heavy atom. The molecule has 0 aromatic carbocycles. The minimum Gasteiger partial charge on any atom is -0.462 e. The van der Waals surface area contributed by atoms with Gasteiger partial charge in [-0.3, -0.25) is 4.57 Å². The maximum Gasteiger partial charge on any atom is 0.418 e. The van der Waals surface area contributed by atoms with Crippen LogP contribution in [0.1, 0.15) is 33.4 Å². The van der Waals surface area contributed by atoms with E-state index >= 15 is 0 Å². The van der Waals surface area contributed by atoms with E-state index in [1.54, 1.807) is 39.8 Å². The van der Waals surface area contributed by atoms with Crippen molar-refractivity contribution in [1.82, 2.24) is 4.57 Å². The predicted octanol–water partition coefficient (Wildman–Crippen LogP) is 3.49. The minimum atomic E-state index is -0.766. The van der Waals surface area contributed by atoms with Crippen LogP contribution in [0.15, 0.2) is 29.1 Å². The summed E-state index contributed by atoms with van der Waals surface area (Å²) in [6.07, 6.45) is 2.15. The van der Waals surface area contributed by atoms with Crippen LogP contribution in [0.4, 0.5) is 4.79 Å². The summed E-state index contributed by atoms with van der Waals surface area (Å²) >= 11 is 0. The highest BCUT2D eigenvalue weighted by molar-refractivity contribution is 5.93. The third-order valence-electron chi connectivity index (χ3n) is 2.29. The van der Waals surface area contributed by atoms with Crippen molar-refractivity contribution in [3.8, 4) is 0 Å². The molecule has 1 rings (SSSR count). The van der Waals surface area contributed by atoms with Crippen molar-refractivity contribution in [2.24, 2.45) is 5.11 Å². The van der Waals surface area contributed by atoms with E-state index in [1.807, 2.05) is 0 Å². The van der Waals surface area contributed by atoms with Gasteiger partial charge in [-0.1, -0.05) is 5.11 Å². The maximum atomic E-state index is 12.1. The number of hydrogen-bond donors (Lipinski definition) is 0. The molecular formula is C14H18N4O4. The first-order chi connectivity index (χ1) is 10.3. The highest BCUT2D eigenvalue weighted by Crippen LogP contribution is 2.15. The van der Waals surface area contributed by atoms with Gasteiger partial charge in [0.25, 0.3) is 0 Å². The van der Waals surface area contributed by atoms with Gasteiger partial charge in [-0.05, 0) is 51.4 Å². The Labute approximate surface area is 127 Å². The fourth-order valence-electron chi connectivity index (χ4n) is 1.51. The molecule has 8 heteroatoms. The second kappa shape index (κ2) is 7.33. The molecule has 0 aliphatic carbocycles. The summed E-state index contributed by atoms with van der Waals surface area (Å²) < 4.78 is 11.2. The van der Waals surface area contributed by atoms with E-state index in [0.717, 1.165) is 0 Å². The maximum absolute atomic E-state index is 12.1. The molecule has 0 aliphatic rings. The Bertz CT molecular complexity index is 634. The van der Waals surface area contributed by atoms with Crippen LogP contribution in [0.25, 0.3) is 16.5 Å². The molecule has 1 aromatic heterocycles. The Kier molecular flexibility index (Phi) is 5.77. The molecule has 0 unspecified atom stereocenters. The van der Waals surface area contributed by atoms with E-state index in [2.05, 4.69) is 10.0 Å². The second-order valence-electron chi connectivity index (χ2n) is 5.22. The Hall–Kier alpha value is -2.73. The number of ether oxygens (including phenoxy) is 2. The third kappa shape index (κ3) is 4.99. The van der Waals surface area contributed by atoms with Crippen molar-refractivity contribution < 1.29 is 19.1 Å². The Morgan fingerprint density at radius 3 is 2.68 bits per heavy atom. The lowest BCUT2D eigenvalue weighted by molar-refractivity contribution is -0.138. The van der Waals surface area contributed by atoms with E-state index in [-0.39, 0.29) is 12.3 Å². The first-order valence-electron chi connectivity index (χ1n) is 6.63. The number of rotatable bonds is 4. The standard InChI is InChI=1S/C14H18N4O4/c1-5-21-12(19)11(16-17-15)9-10-7-6-8-18(10)13(20)22-14(2,3)4/h6-9H,5H2,1-4H3/b11-9-. The van der Waals surface area contributed by atoms with Gasteiger partial charge in [-0.2, -0.15) is 0 Å². The van der Waals surface area contributed by atoms with Crippen LogP contribution >= 0.6 is 0 Å². The van der Waals surface area contributed by atoms with Crippen LogP contribution < -0.4 is 0 Å². The number of hydrogen-bond acceptors (Lipinski definition) is 5. The molecule has 0 saturated carbocycles. The molecule has 0 atom stereocenters. The summed E-state index contributed by atoms with van der Waals surface area (Å²) in [5.74, 6) is -0.766. The monoisotopic (exact) mass is 306 g/mol. The molecule has 0 spiro atoms. The van der Waals surface area contributed by atoms with Crippen LogP contribution in [0.3, 0.4) is 0 Å². The van der Waals surface area contributed by atoms with Gasteiger partial charge in [0.1, 0.15) is 11.3 Å². The normalized spacial score (nSPS) is 11.5. The summed E-state index contributed by atoms with van der Waals surface area (Å²) in [7, 11) is 0. The summed E-state index contributed by atoms with van der Waals surface area (Å²) in [5.41, 5.74) is 7.96. The lowest BCUT2D eigenvalue weighted by atomic mass is 10.2. The number of azide groups is 1. The fourth-order valence-corrected chi connectivity index (χ4v) is 1.51. The molecule has 118 valence electrons. The molecule has 0 fully saturated rings. The average Bonchev–Trinajstić information content (AvgIpc) is 2.84. The molecule has 0 radical (unpaired) electrons. The Morgan fingerprint density at radius 1 is 1.45 bits per heavy atom. The van der Waals surface area contributed by atoms with Gasteiger partial charge in [0.05, 0.1) is 12.3 Å². The molecule has 8 nitrogen and oxygen atoms in total. The van der Waals surface area contributed by atoms with Gasteiger partial charge in [0.15, 0.2) is 0 Å². The quantitative estimate of drug-likeness (QED) is 0.279. The van der Waals surface area contributed by atoms with Crippen molar-refractivity contribution in [3.05, 3.63) is 40.2 Å². The molecular weight excluding hydrogens is 288 g/mol. The molecule has 0 bridgehead atoms. The summed E-state index contributed by atoms with van der Waals surface area (Å²) in [6, 6.07) is 3.19. The Balaban J connectivity index is 3.14. The SMILES string of the molecule is CCOC(=O)/C(=C/c1cccn1C(=O)OC(C)(C)C)N=[N+]=[N-]. The summed E-state index contributed by atoms with van der Waals surface area (Å²) in [4.78, 5) is 26.3. The van der Waals surface area contributed by atoms with Gasteiger partial charge in [0.2, 0.25) is 0 Å². The molecule has 0 aliphatic heterocycles. The van der Waals surface area contributed by atoms with Crippen molar-refractivity contribution in [2.75, 3.05) is 6.61 Å². The smallest absolute Gasteiger partial charge is 0.418 e. The van der Waals surface area contributed by atoms with Crippen molar-refractivity contribution in [3.63, 3.8) is 0 Å². The zero-order valence-electron chi connectivity index (χ0n) is 12.9. The van der Waals surface area contributed by atoms with E-state index in [1.165, 1.54) is 16.8 Å². The van der Waals surface area contributed by atoms with Crippen LogP contribution in [0.5, 0.6) is 0 Å². The number of aromatic nitrogens is 1. The van der Waals surface area contributed by atoms with E-state index in [9.17, 15) is 9.59 Å². The van der Waals surface area contributed by atoms with Crippen LogP contribution in [0.2, 0.25) is 0 Å². The minimum absolute atomic E-state index is 0.143. The topological polar surface area (TPSA) is 106 Å². The van der Waals surface area contributed by atoms with Gasteiger partial charge in [-0.15, -0.1) is 0 Å². The average molecular weight is 306 g/mol. The molecule has 22 heavy (non-hydrogen) atoms. The van der Waals surface area contributed by atoms with Crippen molar-refractivity contribution >= 4 is 18.1 Å². The van der Waals surface area contributed by atoms with Crippen LogP contribution in [-0.2, 0) is 14.3 Å². The third-order valence-corrected chi connectivity index (χ3v) is 2.29. The largest absolute Gasteiger partial charge is 0.462 e. The molecule has 0 saturated heterocycles. The molecule has 0 amide bonds. The van der Waals surface area contributed by atoms with Gasteiger partial charge in [0, 0.05) is 11.1 Å². The number of esters is 1. The molecule has 1 heterocycles. The van der Waals surface area contributed by atoms with Crippen molar-refractivity contribution in [2.45, 2.75) is 33.3 Å². The van der Waals surface area contributed by atoms with Crippen LogP contribution in [-0.4, -0.2) is 28.8 Å². The molecule has 1 aromatic rings. The first kappa shape index (κ1) is 17.3. The van der Waals surface area contributed by atoms with Gasteiger partial charge in [-0.25, -0.2) is 9.59 Å². The number of nitrogens with zero attached hydrogens (tertiary/aromatic N) is 4. The summed E-state index contributed by atoms with van der Waals surface area (Å²) in [6.45, 7) is 7.01. The molecule has 0 N–H and O–H groups in total. The predicted molar refractivity (Wildman–Crippen MR) is 79.8 cm³/mol. The van der Waals surface area contributed by atoms with E-state index < -0.39 is 17.7 Å². The second-order valence-corrected chi connectivity index (χ2v) is 5.22. The van der Waals surface area contributed by atoms with Crippen LogP contribution in [0, 0.1) is 0 Å². The highest BCUT2D eigenvalue weighted by atomic mass is 16.6. The number of carbonyl (C=O) groups excluding carboxylic acids is 2. The first-order valence-corrected chi connectivity index (χ1v) is 6.63. The lowest BCUT2D eigenvalue weighted by Gasteiger charge is -2.20. The van der Waals surface area contributed by atoms with Crippen molar-refractivity contribution in [1.29, 1.82) is 0 Å². The zero-order valence-corrected chi connectivity index (χ0v) is 12.9. The highest BCUT2D eigenvalue weighted by Gasteiger charge is 2.19. The van der Waals surface area contributed by atoms with Gasteiger partial charge >= 0.3 is 12.1 Å². The fraction of sp³-hybridized carbons (Fsp3) is 0.429. The lowest BCUT2D eigenvalue weighted by Crippen LogP contribution is -2.27.